The molecule has 8 heteroatoms. The molecule has 0 saturated heterocycles. The third-order valence-electron chi connectivity index (χ3n) is 2.82. The summed E-state index contributed by atoms with van der Waals surface area (Å²) in [6.07, 6.45) is 3.86. The minimum absolute atomic E-state index is 0.241. The van der Waals surface area contributed by atoms with Gasteiger partial charge in [-0.15, -0.1) is 0 Å². The summed E-state index contributed by atoms with van der Waals surface area (Å²) in [5, 5.41) is 3.25. The van der Waals surface area contributed by atoms with E-state index in [1.165, 1.54) is 24.5 Å². The van der Waals surface area contributed by atoms with Crippen molar-refractivity contribution in [2.45, 2.75) is 17.9 Å². The van der Waals surface area contributed by atoms with Crippen molar-refractivity contribution in [3.63, 3.8) is 0 Å². The molecular weight excluding hydrogens is 317 g/mol. The van der Waals surface area contributed by atoms with Crippen LogP contribution in [0.2, 0.25) is 5.15 Å². The van der Waals surface area contributed by atoms with Gasteiger partial charge >= 0.3 is 0 Å². The third kappa shape index (κ3) is 3.89. The van der Waals surface area contributed by atoms with Crippen LogP contribution < -0.4 is 5.32 Å². The van der Waals surface area contributed by atoms with E-state index in [4.69, 9.17) is 11.6 Å². The van der Waals surface area contributed by atoms with Crippen LogP contribution in [0.25, 0.3) is 0 Å². The molecule has 0 spiro atoms. The highest BCUT2D eigenvalue weighted by Crippen LogP contribution is 2.22. The summed E-state index contributed by atoms with van der Waals surface area (Å²) in [6, 6.07) is 3.70. The van der Waals surface area contributed by atoms with Crippen LogP contribution in [0.3, 0.4) is 0 Å². The number of benzene rings is 1. The number of rotatable bonds is 4. The van der Waals surface area contributed by atoms with Gasteiger partial charge in [0.2, 0.25) is 0 Å². The topological polar surface area (TPSA) is 72.0 Å². The number of halogens is 2. The van der Waals surface area contributed by atoms with Gasteiger partial charge < -0.3 is 5.32 Å². The molecule has 0 aliphatic rings. The lowest BCUT2D eigenvalue weighted by atomic mass is 10.1. The van der Waals surface area contributed by atoms with E-state index >= 15 is 0 Å². The van der Waals surface area contributed by atoms with Gasteiger partial charge in [-0.3, -0.25) is 4.98 Å². The minimum Gasteiger partial charge on any atom is -0.362 e. The molecule has 1 aromatic heterocycles. The van der Waals surface area contributed by atoms with E-state index < -0.39 is 15.7 Å². The molecule has 0 bridgehead atoms. The fraction of sp³-hybridized carbons (Fsp3) is 0.231. The van der Waals surface area contributed by atoms with E-state index in [9.17, 15) is 12.8 Å². The van der Waals surface area contributed by atoms with Crippen LogP contribution in [-0.4, -0.2) is 24.6 Å². The highest BCUT2D eigenvalue weighted by Gasteiger charge is 2.16. The largest absolute Gasteiger partial charge is 0.362 e. The van der Waals surface area contributed by atoms with Gasteiger partial charge in [0.1, 0.15) is 21.7 Å². The van der Waals surface area contributed by atoms with Gasteiger partial charge in [-0.25, -0.2) is 17.8 Å². The van der Waals surface area contributed by atoms with Gasteiger partial charge in [-0.2, -0.15) is 0 Å². The molecule has 2 rings (SSSR count). The number of hydrogen-bond acceptors (Lipinski definition) is 5. The normalized spacial score (nSPS) is 13.0. The van der Waals surface area contributed by atoms with Crippen molar-refractivity contribution >= 4 is 27.3 Å². The van der Waals surface area contributed by atoms with Crippen molar-refractivity contribution in [1.82, 2.24) is 9.97 Å². The Bertz CT molecular complexity index is 768. The molecule has 0 fully saturated rings. The lowest BCUT2D eigenvalue weighted by Gasteiger charge is -2.15. The van der Waals surface area contributed by atoms with Gasteiger partial charge in [-0.1, -0.05) is 17.7 Å². The Morgan fingerprint density at radius 3 is 2.62 bits per heavy atom. The molecule has 1 N–H and O–H groups in total. The average Bonchev–Trinajstić information content (AvgIpc) is 2.37. The Labute approximate surface area is 127 Å². The third-order valence-corrected chi connectivity index (χ3v) is 4.14. The second kappa shape index (κ2) is 5.95. The van der Waals surface area contributed by atoms with E-state index in [2.05, 4.69) is 15.3 Å². The lowest BCUT2D eigenvalue weighted by molar-refractivity contribution is 0.568. The van der Waals surface area contributed by atoms with Gasteiger partial charge in [0, 0.05) is 6.26 Å². The summed E-state index contributed by atoms with van der Waals surface area (Å²) >= 11 is 5.73. The SMILES string of the molecule is C[C@H](Nc1cncc(Cl)n1)c1ccc(S(C)(=O)=O)c(F)c1. The summed E-state index contributed by atoms with van der Waals surface area (Å²) in [4.78, 5) is 7.59. The maximum Gasteiger partial charge on any atom is 0.178 e. The number of nitrogens with zero attached hydrogens (tertiary/aromatic N) is 2. The van der Waals surface area contributed by atoms with Gasteiger partial charge in [0.25, 0.3) is 0 Å². The first-order valence-corrected chi connectivity index (χ1v) is 8.28. The molecule has 2 aromatic rings. The molecule has 112 valence electrons. The minimum atomic E-state index is -3.58. The van der Waals surface area contributed by atoms with E-state index in [-0.39, 0.29) is 16.1 Å². The molecular formula is C13H13ClFN3O2S. The van der Waals surface area contributed by atoms with Crippen LogP contribution in [0.5, 0.6) is 0 Å². The van der Waals surface area contributed by atoms with E-state index in [0.717, 1.165) is 6.26 Å². The molecule has 0 unspecified atom stereocenters. The maximum atomic E-state index is 13.9. The smallest absolute Gasteiger partial charge is 0.178 e. The molecule has 1 aromatic carbocycles. The second-order valence-electron chi connectivity index (χ2n) is 4.56. The molecule has 0 amide bonds. The highest BCUT2D eigenvalue weighted by atomic mass is 35.5. The van der Waals surface area contributed by atoms with Crippen molar-refractivity contribution in [2.24, 2.45) is 0 Å². The summed E-state index contributed by atoms with van der Waals surface area (Å²) < 4.78 is 36.6. The molecule has 1 atom stereocenters. The van der Waals surface area contributed by atoms with Gasteiger partial charge in [0.15, 0.2) is 9.84 Å². The van der Waals surface area contributed by atoms with E-state index in [1.807, 2.05) is 0 Å². The van der Waals surface area contributed by atoms with Crippen molar-refractivity contribution in [3.8, 4) is 0 Å². The summed E-state index contributed by atoms with van der Waals surface area (Å²) in [7, 11) is -3.58. The van der Waals surface area contributed by atoms with Crippen LogP contribution in [0, 0.1) is 5.82 Å². The van der Waals surface area contributed by atoms with Crippen molar-refractivity contribution in [1.29, 1.82) is 0 Å². The zero-order valence-electron chi connectivity index (χ0n) is 11.3. The summed E-state index contributed by atoms with van der Waals surface area (Å²) in [5.41, 5.74) is 0.585. The predicted molar refractivity (Wildman–Crippen MR) is 78.6 cm³/mol. The molecule has 0 saturated carbocycles. The fourth-order valence-electron chi connectivity index (χ4n) is 1.80. The Hall–Kier alpha value is -1.73. The Balaban J connectivity index is 2.24. The maximum absolute atomic E-state index is 13.9. The molecule has 0 aliphatic carbocycles. The summed E-state index contributed by atoms with van der Waals surface area (Å²) in [5.74, 6) is -0.330. The average molecular weight is 330 g/mol. The van der Waals surface area contributed by atoms with Crippen LogP contribution in [0.1, 0.15) is 18.5 Å². The zero-order chi connectivity index (χ0) is 15.6. The number of aromatic nitrogens is 2. The fourth-order valence-corrected chi connectivity index (χ4v) is 2.68. The number of hydrogen-bond donors (Lipinski definition) is 1. The summed E-state index contributed by atoms with van der Waals surface area (Å²) in [6.45, 7) is 1.79. The first-order chi connectivity index (χ1) is 9.77. The van der Waals surface area contributed by atoms with Crippen molar-refractivity contribution < 1.29 is 12.8 Å². The molecule has 21 heavy (non-hydrogen) atoms. The van der Waals surface area contributed by atoms with Gasteiger partial charge in [-0.05, 0) is 24.6 Å². The van der Waals surface area contributed by atoms with Crippen LogP contribution in [0.4, 0.5) is 10.2 Å². The van der Waals surface area contributed by atoms with Gasteiger partial charge in [0.05, 0.1) is 18.4 Å². The number of anilines is 1. The number of nitrogens with one attached hydrogen (secondary N) is 1. The molecule has 0 radical (unpaired) electrons. The highest BCUT2D eigenvalue weighted by molar-refractivity contribution is 7.90. The standard InChI is InChI=1S/C13H13ClFN3O2S/c1-8(17-13-7-16-6-12(14)18-13)9-3-4-11(10(15)5-9)21(2,19)20/h3-8H,1-2H3,(H,17,18)/t8-/m0/s1. The predicted octanol–water partition coefficient (Wildman–Crippen LogP) is 2.85. The second-order valence-corrected chi connectivity index (χ2v) is 6.93. The molecule has 5 nitrogen and oxygen atoms in total. The van der Waals surface area contributed by atoms with E-state index in [1.54, 1.807) is 13.0 Å². The van der Waals surface area contributed by atoms with Crippen LogP contribution in [-0.2, 0) is 9.84 Å². The lowest BCUT2D eigenvalue weighted by Crippen LogP contribution is -2.10. The first-order valence-electron chi connectivity index (χ1n) is 6.01. The van der Waals surface area contributed by atoms with E-state index in [0.29, 0.717) is 11.4 Å². The zero-order valence-corrected chi connectivity index (χ0v) is 12.9. The number of sulfone groups is 1. The molecule has 1 heterocycles. The van der Waals surface area contributed by atoms with Crippen LogP contribution in [0.15, 0.2) is 35.5 Å². The monoisotopic (exact) mass is 329 g/mol. The van der Waals surface area contributed by atoms with Crippen molar-refractivity contribution in [2.75, 3.05) is 11.6 Å². The first kappa shape index (κ1) is 15.7. The Morgan fingerprint density at radius 2 is 2.05 bits per heavy atom. The van der Waals surface area contributed by atoms with Crippen LogP contribution >= 0.6 is 11.6 Å². The quantitative estimate of drug-likeness (QED) is 0.933. The Kier molecular flexibility index (Phi) is 4.43. The Morgan fingerprint density at radius 1 is 1.33 bits per heavy atom. The van der Waals surface area contributed by atoms with Crippen molar-refractivity contribution in [3.05, 3.63) is 47.1 Å². The molecule has 0 aliphatic heterocycles.